The van der Waals surface area contributed by atoms with Gasteiger partial charge in [-0.25, -0.2) is 4.98 Å². The lowest BCUT2D eigenvalue weighted by Gasteiger charge is -2.11. The molecule has 6 heteroatoms. The highest BCUT2D eigenvalue weighted by molar-refractivity contribution is 7.99. The van der Waals surface area contributed by atoms with E-state index in [9.17, 15) is 4.79 Å². The van der Waals surface area contributed by atoms with Gasteiger partial charge in [0.15, 0.2) is 5.58 Å². The van der Waals surface area contributed by atoms with Crippen LogP contribution in [0.2, 0.25) is 0 Å². The van der Waals surface area contributed by atoms with E-state index < -0.39 is 0 Å². The number of hydrogen-bond acceptors (Lipinski definition) is 6. The topological polar surface area (TPSA) is 64.4 Å². The van der Waals surface area contributed by atoms with Crippen molar-refractivity contribution in [3.05, 3.63) is 24.3 Å². The summed E-state index contributed by atoms with van der Waals surface area (Å²) in [6.45, 7) is 0. The number of likely N-dealkylation sites (N-methyl/N-ethyl adjacent to an activating group) is 1. The quantitative estimate of drug-likeness (QED) is 0.656. The molecular weight excluding hydrogens is 252 g/mol. The van der Waals surface area contributed by atoms with E-state index in [1.54, 1.807) is 7.05 Å². The second-order valence-corrected chi connectivity index (χ2v) is 4.59. The summed E-state index contributed by atoms with van der Waals surface area (Å²) >= 11 is 1.38. The third-order valence-corrected chi connectivity index (χ3v) is 3.40. The van der Waals surface area contributed by atoms with Crippen molar-refractivity contribution in [2.45, 2.75) is 11.3 Å². The molecule has 1 atom stereocenters. The van der Waals surface area contributed by atoms with Gasteiger partial charge in [-0.05, 0) is 19.2 Å². The number of fused-ring (bicyclic) bond motifs is 1. The molecule has 96 valence electrons. The minimum absolute atomic E-state index is 0.291. The number of carbonyl (C=O) groups excluding carboxylic acids is 1. The van der Waals surface area contributed by atoms with E-state index in [2.05, 4.69) is 15.0 Å². The fourth-order valence-electron chi connectivity index (χ4n) is 1.48. The van der Waals surface area contributed by atoms with Gasteiger partial charge in [0.1, 0.15) is 11.6 Å². The zero-order valence-electron chi connectivity index (χ0n) is 10.2. The van der Waals surface area contributed by atoms with Crippen LogP contribution in [0.5, 0.6) is 0 Å². The average molecular weight is 266 g/mol. The molecule has 0 fully saturated rings. The maximum atomic E-state index is 11.4. The van der Waals surface area contributed by atoms with Crippen LogP contribution in [0, 0.1) is 0 Å². The smallest absolute Gasteiger partial charge is 0.323 e. The second kappa shape index (κ2) is 5.88. The summed E-state index contributed by atoms with van der Waals surface area (Å²) in [7, 11) is 3.09. The van der Waals surface area contributed by atoms with Crippen LogP contribution in [0.15, 0.2) is 33.9 Å². The van der Waals surface area contributed by atoms with Crippen LogP contribution in [-0.2, 0) is 9.53 Å². The standard InChI is InChI=1S/C12H14N2O3S/c1-13-9(11(15)16-2)7-18-12-14-8-5-3-4-6-10(8)17-12/h3-6,9,13H,7H2,1-2H3. The highest BCUT2D eigenvalue weighted by atomic mass is 32.2. The highest BCUT2D eigenvalue weighted by Crippen LogP contribution is 2.23. The van der Waals surface area contributed by atoms with E-state index in [4.69, 9.17) is 4.42 Å². The first-order valence-electron chi connectivity index (χ1n) is 5.48. The van der Waals surface area contributed by atoms with Crippen LogP contribution in [0.3, 0.4) is 0 Å². The lowest BCUT2D eigenvalue weighted by molar-refractivity contribution is -0.142. The van der Waals surface area contributed by atoms with Crippen LogP contribution in [0.25, 0.3) is 11.1 Å². The summed E-state index contributed by atoms with van der Waals surface area (Å²) in [5, 5.41) is 3.45. The summed E-state index contributed by atoms with van der Waals surface area (Å²) in [4.78, 5) is 15.7. The van der Waals surface area contributed by atoms with Gasteiger partial charge in [-0.2, -0.15) is 0 Å². The number of para-hydroxylation sites is 2. The van der Waals surface area contributed by atoms with Crippen molar-refractivity contribution in [1.82, 2.24) is 10.3 Å². The van der Waals surface area contributed by atoms with Gasteiger partial charge in [0.05, 0.1) is 7.11 Å². The van der Waals surface area contributed by atoms with E-state index in [0.29, 0.717) is 11.0 Å². The number of esters is 1. The molecule has 0 amide bonds. The molecule has 18 heavy (non-hydrogen) atoms. The fraction of sp³-hybridized carbons (Fsp3) is 0.333. The number of oxazole rings is 1. The first-order valence-corrected chi connectivity index (χ1v) is 6.46. The number of rotatable bonds is 5. The summed E-state index contributed by atoms with van der Waals surface area (Å²) in [5.74, 6) is 0.219. The van der Waals surface area contributed by atoms with Gasteiger partial charge in [0.2, 0.25) is 0 Å². The third kappa shape index (κ3) is 2.83. The highest BCUT2D eigenvalue weighted by Gasteiger charge is 2.18. The normalized spacial score (nSPS) is 12.6. The van der Waals surface area contributed by atoms with E-state index in [0.717, 1.165) is 11.1 Å². The lowest BCUT2D eigenvalue weighted by Crippen LogP contribution is -2.37. The Labute approximate surface area is 109 Å². The Balaban J connectivity index is 2.03. The average Bonchev–Trinajstić information content (AvgIpc) is 2.81. The Morgan fingerprint density at radius 1 is 1.56 bits per heavy atom. The number of thioether (sulfide) groups is 1. The number of benzene rings is 1. The van der Waals surface area contributed by atoms with Gasteiger partial charge in [0, 0.05) is 5.75 Å². The van der Waals surface area contributed by atoms with Crippen molar-refractivity contribution >= 4 is 28.8 Å². The van der Waals surface area contributed by atoms with Gasteiger partial charge in [-0.1, -0.05) is 23.9 Å². The monoisotopic (exact) mass is 266 g/mol. The molecule has 2 rings (SSSR count). The molecule has 5 nitrogen and oxygen atoms in total. The van der Waals surface area contributed by atoms with Gasteiger partial charge in [-0.3, -0.25) is 4.79 Å². The number of hydrogen-bond donors (Lipinski definition) is 1. The molecule has 1 N–H and O–H groups in total. The second-order valence-electron chi connectivity index (χ2n) is 3.62. The molecule has 0 radical (unpaired) electrons. The predicted octanol–water partition coefficient (Wildman–Crippen LogP) is 1.68. The number of nitrogens with zero attached hydrogens (tertiary/aromatic N) is 1. The van der Waals surface area contributed by atoms with Crippen molar-refractivity contribution in [2.75, 3.05) is 19.9 Å². The first kappa shape index (κ1) is 12.9. The molecule has 0 bridgehead atoms. The van der Waals surface area contributed by atoms with Crippen LogP contribution in [-0.4, -0.2) is 36.9 Å². The fourth-order valence-corrected chi connectivity index (χ4v) is 2.40. The number of nitrogens with one attached hydrogen (secondary N) is 1. The SMILES string of the molecule is CNC(CSc1nc2ccccc2o1)C(=O)OC. The molecule has 1 aromatic heterocycles. The zero-order valence-corrected chi connectivity index (χ0v) is 11.0. The van der Waals surface area contributed by atoms with Crippen molar-refractivity contribution in [2.24, 2.45) is 0 Å². The maximum Gasteiger partial charge on any atom is 0.323 e. The molecule has 1 aromatic carbocycles. The molecule has 1 unspecified atom stereocenters. The summed E-state index contributed by atoms with van der Waals surface area (Å²) in [5.41, 5.74) is 1.57. The lowest BCUT2D eigenvalue weighted by atomic mass is 10.3. The molecule has 0 spiro atoms. The predicted molar refractivity (Wildman–Crippen MR) is 69.6 cm³/mol. The molecular formula is C12H14N2O3S. The molecule has 2 aromatic rings. The number of ether oxygens (including phenoxy) is 1. The van der Waals surface area contributed by atoms with E-state index in [1.807, 2.05) is 24.3 Å². The van der Waals surface area contributed by atoms with Crippen LogP contribution in [0.1, 0.15) is 0 Å². The van der Waals surface area contributed by atoms with E-state index in [1.165, 1.54) is 18.9 Å². The van der Waals surface area contributed by atoms with Crippen LogP contribution < -0.4 is 5.32 Å². The zero-order chi connectivity index (χ0) is 13.0. The van der Waals surface area contributed by atoms with E-state index >= 15 is 0 Å². The van der Waals surface area contributed by atoms with Gasteiger partial charge in [-0.15, -0.1) is 0 Å². The summed E-state index contributed by atoms with van der Waals surface area (Å²) in [6, 6.07) is 7.19. The van der Waals surface area contributed by atoms with Gasteiger partial charge in [0.25, 0.3) is 5.22 Å². The maximum absolute atomic E-state index is 11.4. The number of methoxy groups -OCH3 is 1. The van der Waals surface area contributed by atoms with Crippen LogP contribution in [0.4, 0.5) is 0 Å². The Bertz CT molecular complexity index is 508. The Hall–Kier alpha value is -1.53. The van der Waals surface area contributed by atoms with Crippen molar-refractivity contribution in [3.63, 3.8) is 0 Å². The number of aromatic nitrogens is 1. The van der Waals surface area contributed by atoms with Crippen molar-refractivity contribution < 1.29 is 13.9 Å². The molecule has 0 aliphatic rings. The van der Waals surface area contributed by atoms with Gasteiger partial charge < -0.3 is 14.5 Å². The largest absolute Gasteiger partial charge is 0.468 e. The third-order valence-electron chi connectivity index (χ3n) is 2.48. The minimum atomic E-state index is -0.366. The van der Waals surface area contributed by atoms with Crippen LogP contribution >= 0.6 is 11.8 Å². The minimum Gasteiger partial charge on any atom is -0.468 e. The molecule has 0 saturated carbocycles. The van der Waals surface area contributed by atoms with Crippen molar-refractivity contribution in [3.8, 4) is 0 Å². The molecule has 0 aliphatic carbocycles. The van der Waals surface area contributed by atoms with Gasteiger partial charge >= 0.3 is 5.97 Å². The summed E-state index contributed by atoms with van der Waals surface area (Å²) in [6.07, 6.45) is 0. The summed E-state index contributed by atoms with van der Waals surface area (Å²) < 4.78 is 10.2. The molecule has 0 aliphatic heterocycles. The van der Waals surface area contributed by atoms with Crippen molar-refractivity contribution in [1.29, 1.82) is 0 Å². The Morgan fingerprint density at radius 3 is 3.00 bits per heavy atom. The first-order chi connectivity index (χ1) is 8.74. The molecule has 0 saturated heterocycles. The van der Waals surface area contributed by atoms with E-state index in [-0.39, 0.29) is 12.0 Å². The number of carbonyl (C=O) groups is 1. The molecule has 1 heterocycles. The Morgan fingerprint density at radius 2 is 2.33 bits per heavy atom. The Kier molecular flexibility index (Phi) is 4.22.